The number of hydrogen-bond donors (Lipinski definition) is 2. The zero-order valence-electron chi connectivity index (χ0n) is 14.2. The van der Waals surface area contributed by atoms with Crippen molar-refractivity contribution in [3.8, 4) is 0 Å². The SMILES string of the molecule is CN=C(NCCCn1nc(C)cc1C)NCc1ccc(C)s1.I. The largest absolute Gasteiger partial charge is 0.356 e. The van der Waals surface area contributed by atoms with Crippen LogP contribution < -0.4 is 10.6 Å². The summed E-state index contributed by atoms with van der Waals surface area (Å²) in [5.41, 5.74) is 2.29. The standard InChI is InChI=1S/C16H25N5S.HI/c1-12-10-13(2)21(20-12)9-5-8-18-16(17-4)19-11-15-7-6-14(3)22-15;/h6-7,10H,5,8-9,11H2,1-4H3,(H2,17,18,19);1H. The maximum absolute atomic E-state index is 4.47. The molecule has 2 rings (SSSR count). The molecule has 0 atom stereocenters. The van der Waals surface area contributed by atoms with E-state index in [2.05, 4.69) is 57.5 Å². The summed E-state index contributed by atoms with van der Waals surface area (Å²) in [6.07, 6.45) is 1.01. The third-order valence-electron chi connectivity index (χ3n) is 3.39. The first kappa shape index (κ1) is 20.0. The molecule has 0 aliphatic carbocycles. The molecular weight excluding hydrogens is 421 g/mol. The van der Waals surface area contributed by atoms with Crippen molar-refractivity contribution < 1.29 is 0 Å². The first-order valence-corrected chi connectivity index (χ1v) is 8.41. The molecule has 2 N–H and O–H groups in total. The number of thiophene rings is 1. The first-order valence-electron chi connectivity index (χ1n) is 7.59. The van der Waals surface area contributed by atoms with Crippen LogP contribution in [-0.4, -0.2) is 29.3 Å². The summed E-state index contributed by atoms with van der Waals surface area (Å²) in [6.45, 7) is 8.86. The van der Waals surface area contributed by atoms with Gasteiger partial charge in [0.1, 0.15) is 0 Å². The molecule has 0 amide bonds. The fourth-order valence-corrected chi connectivity index (χ4v) is 3.14. The van der Waals surface area contributed by atoms with Gasteiger partial charge in [0.2, 0.25) is 0 Å². The summed E-state index contributed by atoms with van der Waals surface area (Å²) in [5.74, 6) is 0.847. The summed E-state index contributed by atoms with van der Waals surface area (Å²) >= 11 is 1.81. The van der Waals surface area contributed by atoms with Crippen LogP contribution in [0.5, 0.6) is 0 Å². The second-order valence-electron chi connectivity index (χ2n) is 5.37. The van der Waals surface area contributed by atoms with Crippen molar-refractivity contribution in [2.75, 3.05) is 13.6 Å². The van der Waals surface area contributed by atoms with Gasteiger partial charge in [0.15, 0.2) is 5.96 Å². The third kappa shape index (κ3) is 6.50. The van der Waals surface area contributed by atoms with Gasteiger partial charge in [0.25, 0.3) is 0 Å². The molecule has 0 aliphatic heterocycles. The van der Waals surface area contributed by atoms with Crippen LogP contribution in [0.4, 0.5) is 0 Å². The number of aliphatic imine (C=N–C) groups is 1. The third-order valence-corrected chi connectivity index (χ3v) is 4.39. The maximum atomic E-state index is 4.47. The van der Waals surface area contributed by atoms with E-state index in [4.69, 9.17) is 0 Å². The van der Waals surface area contributed by atoms with Gasteiger partial charge in [-0.15, -0.1) is 35.3 Å². The van der Waals surface area contributed by atoms with Gasteiger partial charge in [-0.3, -0.25) is 9.67 Å². The minimum Gasteiger partial charge on any atom is -0.356 e. The Hall–Kier alpha value is -1.09. The quantitative estimate of drug-likeness (QED) is 0.310. The molecule has 0 unspecified atom stereocenters. The molecule has 2 aromatic heterocycles. The minimum atomic E-state index is 0. The summed E-state index contributed by atoms with van der Waals surface area (Å²) < 4.78 is 2.06. The minimum absolute atomic E-state index is 0. The summed E-state index contributed by atoms with van der Waals surface area (Å²) in [4.78, 5) is 6.91. The highest BCUT2D eigenvalue weighted by Crippen LogP contribution is 2.14. The smallest absolute Gasteiger partial charge is 0.191 e. The Bertz CT molecular complexity index is 632. The zero-order chi connectivity index (χ0) is 15.9. The molecular formula is C16H26IN5S. The van der Waals surface area contributed by atoms with E-state index >= 15 is 0 Å². The fraction of sp³-hybridized carbons (Fsp3) is 0.500. The summed E-state index contributed by atoms with van der Waals surface area (Å²) in [6, 6.07) is 6.41. The van der Waals surface area contributed by atoms with Crippen LogP contribution in [-0.2, 0) is 13.1 Å². The van der Waals surface area contributed by atoms with Gasteiger partial charge in [-0.25, -0.2) is 0 Å². The predicted octanol–water partition coefficient (Wildman–Crippen LogP) is 3.24. The Morgan fingerprint density at radius 2 is 2.04 bits per heavy atom. The van der Waals surface area contributed by atoms with Crippen molar-refractivity contribution in [3.05, 3.63) is 39.3 Å². The number of guanidine groups is 1. The number of halogens is 1. The van der Waals surface area contributed by atoms with E-state index in [0.29, 0.717) is 0 Å². The lowest BCUT2D eigenvalue weighted by Crippen LogP contribution is -2.37. The van der Waals surface area contributed by atoms with Crippen molar-refractivity contribution in [2.24, 2.45) is 4.99 Å². The van der Waals surface area contributed by atoms with Crippen molar-refractivity contribution in [2.45, 2.75) is 40.3 Å². The average Bonchev–Trinajstić information content (AvgIpc) is 3.03. The maximum Gasteiger partial charge on any atom is 0.191 e. The van der Waals surface area contributed by atoms with E-state index < -0.39 is 0 Å². The van der Waals surface area contributed by atoms with Gasteiger partial charge < -0.3 is 10.6 Å². The van der Waals surface area contributed by atoms with Crippen molar-refractivity contribution >= 4 is 41.3 Å². The summed E-state index contributed by atoms with van der Waals surface area (Å²) in [5, 5.41) is 11.2. The fourth-order valence-electron chi connectivity index (χ4n) is 2.31. The molecule has 0 radical (unpaired) electrons. The van der Waals surface area contributed by atoms with Gasteiger partial charge in [-0.05, 0) is 45.4 Å². The Labute approximate surface area is 159 Å². The Morgan fingerprint density at radius 3 is 2.61 bits per heavy atom. The molecule has 0 aromatic carbocycles. The number of aromatic nitrogens is 2. The van der Waals surface area contributed by atoms with E-state index in [1.54, 1.807) is 7.05 Å². The Morgan fingerprint density at radius 1 is 1.26 bits per heavy atom. The lowest BCUT2D eigenvalue weighted by Gasteiger charge is -2.11. The summed E-state index contributed by atoms with van der Waals surface area (Å²) in [7, 11) is 1.80. The van der Waals surface area contributed by atoms with E-state index in [1.165, 1.54) is 15.4 Å². The lowest BCUT2D eigenvalue weighted by molar-refractivity contribution is 0.555. The number of hydrogen-bond acceptors (Lipinski definition) is 3. The molecule has 0 saturated carbocycles. The number of aryl methyl sites for hydroxylation is 4. The number of rotatable bonds is 6. The molecule has 7 heteroatoms. The molecule has 0 fully saturated rings. The lowest BCUT2D eigenvalue weighted by atomic mass is 10.4. The molecule has 0 aliphatic rings. The van der Waals surface area contributed by atoms with Crippen molar-refractivity contribution in [3.63, 3.8) is 0 Å². The van der Waals surface area contributed by atoms with Crippen LogP contribution in [0.2, 0.25) is 0 Å². The van der Waals surface area contributed by atoms with Gasteiger partial charge in [-0.2, -0.15) is 5.10 Å². The molecule has 5 nitrogen and oxygen atoms in total. The van der Waals surface area contributed by atoms with E-state index in [0.717, 1.165) is 37.7 Å². The van der Waals surface area contributed by atoms with E-state index in [-0.39, 0.29) is 24.0 Å². The molecule has 128 valence electrons. The van der Waals surface area contributed by atoms with Crippen LogP contribution in [0.25, 0.3) is 0 Å². The number of nitrogens with one attached hydrogen (secondary N) is 2. The predicted molar refractivity (Wildman–Crippen MR) is 109 cm³/mol. The highest BCUT2D eigenvalue weighted by atomic mass is 127. The normalized spacial score (nSPS) is 11.2. The molecule has 2 heterocycles. The van der Waals surface area contributed by atoms with Crippen molar-refractivity contribution in [1.82, 2.24) is 20.4 Å². The Kier molecular flexibility index (Phi) is 8.60. The monoisotopic (exact) mass is 447 g/mol. The molecule has 2 aromatic rings. The number of nitrogens with zero attached hydrogens (tertiary/aromatic N) is 3. The van der Waals surface area contributed by atoms with Gasteiger partial charge >= 0.3 is 0 Å². The molecule has 23 heavy (non-hydrogen) atoms. The molecule has 0 bridgehead atoms. The first-order chi connectivity index (χ1) is 10.6. The van der Waals surface area contributed by atoms with Crippen molar-refractivity contribution in [1.29, 1.82) is 0 Å². The van der Waals surface area contributed by atoms with Gasteiger partial charge in [0, 0.05) is 35.6 Å². The van der Waals surface area contributed by atoms with Crippen LogP contribution in [0.3, 0.4) is 0 Å². The zero-order valence-corrected chi connectivity index (χ0v) is 17.4. The van der Waals surface area contributed by atoms with Crippen LogP contribution in [0.1, 0.15) is 27.6 Å². The van der Waals surface area contributed by atoms with Gasteiger partial charge in [0.05, 0.1) is 12.2 Å². The second kappa shape index (κ2) is 9.92. The van der Waals surface area contributed by atoms with Crippen LogP contribution >= 0.6 is 35.3 Å². The topological polar surface area (TPSA) is 54.2 Å². The molecule has 0 saturated heterocycles. The highest BCUT2D eigenvalue weighted by molar-refractivity contribution is 14.0. The average molecular weight is 447 g/mol. The Balaban J connectivity index is 0.00000264. The van der Waals surface area contributed by atoms with Crippen LogP contribution in [0.15, 0.2) is 23.2 Å². The molecule has 0 spiro atoms. The van der Waals surface area contributed by atoms with E-state index in [1.807, 2.05) is 18.3 Å². The second-order valence-corrected chi connectivity index (χ2v) is 6.74. The highest BCUT2D eigenvalue weighted by Gasteiger charge is 2.02. The van der Waals surface area contributed by atoms with Gasteiger partial charge in [-0.1, -0.05) is 0 Å². The van der Waals surface area contributed by atoms with Crippen LogP contribution in [0, 0.1) is 20.8 Å². The van der Waals surface area contributed by atoms with E-state index in [9.17, 15) is 0 Å².